The van der Waals surface area contributed by atoms with E-state index in [0.29, 0.717) is 0 Å². The highest BCUT2D eigenvalue weighted by molar-refractivity contribution is 6.21. The molecule has 0 saturated heterocycles. The van der Waals surface area contributed by atoms with Crippen molar-refractivity contribution in [3.63, 3.8) is 0 Å². The molecule has 0 spiro atoms. The van der Waals surface area contributed by atoms with Gasteiger partial charge in [-0.05, 0) is 126 Å². The molecule has 0 bridgehead atoms. The van der Waals surface area contributed by atoms with Crippen molar-refractivity contribution >= 4 is 75.9 Å². The van der Waals surface area contributed by atoms with Crippen LogP contribution in [-0.4, -0.2) is 9.13 Å². The minimum Gasteiger partial charge on any atom is -0.309 e. The lowest BCUT2D eigenvalue weighted by atomic mass is 9.93. The predicted molar refractivity (Wildman–Crippen MR) is 263 cm³/mol. The maximum Gasteiger partial charge on any atom is 0.0619 e. The molecule has 2 heterocycles. The van der Waals surface area contributed by atoms with Gasteiger partial charge in [0.2, 0.25) is 0 Å². The van der Waals surface area contributed by atoms with Crippen molar-refractivity contribution in [1.82, 2.24) is 9.13 Å². The molecule has 2 aromatic heterocycles. The maximum atomic E-state index is 2.51. The third-order valence-electron chi connectivity index (χ3n) is 13.6. The number of hydrogen-bond donors (Lipinski definition) is 0. The van der Waals surface area contributed by atoms with Crippen LogP contribution in [0.4, 0.5) is 0 Å². The number of hydrogen-bond acceptors (Lipinski definition) is 0. The average Bonchev–Trinajstić information content (AvgIpc) is 3.98. The van der Waals surface area contributed by atoms with Gasteiger partial charge in [-0.2, -0.15) is 0 Å². The fourth-order valence-corrected chi connectivity index (χ4v) is 10.8. The van der Waals surface area contributed by atoms with Crippen molar-refractivity contribution in [2.45, 2.75) is 0 Å². The Bertz CT molecular complexity index is 4000. The summed E-state index contributed by atoms with van der Waals surface area (Å²) < 4.78 is 4.90. The number of fused-ring (bicyclic) bond motifs is 12. The maximum absolute atomic E-state index is 2.51. The van der Waals surface area contributed by atoms with Gasteiger partial charge in [0.1, 0.15) is 0 Å². The topological polar surface area (TPSA) is 9.86 Å². The van der Waals surface area contributed by atoms with E-state index in [1.54, 1.807) is 0 Å². The van der Waals surface area contributed by atoms with Crippen LogP contribution in [0.2, 0.25) is 0 Å². The first-order chi connectivity index (χ1) is 30.7. The summed E-state index contributed by atoms with van der Waals surface area (Å²) in [5.74, 6) is 0. The molecule has 0 fully saturated rings. The third kappa shape index (κ3) is 4.69. The van der Waals surface area contributed by atoms with Gasteiger partial charge in [0.05, 0.1) is 22.1 Å². The lowest BCUT2D eigenvalue weighted by molar-refractivity contribution is 1.18. The lowest BCUT2D eigenvalue weighted by Gasteiger charge is -2.13. The quantitative estimate of drug-likeness (QED) is 0.168. The Morgan fingerprint density at radius 1 is 0.242 bits per heavy atom. The molecule has 11 aromatic carbocycles. The fourth-order valence-electron chi connectivity index (χ4n) is 10.8. The van der Waals surface area contributed by atoms with E-state index in [1.165, 1.54) is 126 Å². The van der Waals surface area contributed by atoms with Gasteiger partial charge < -0.3 is 9.13 Å². The summed E-state index contributed by atoms with van der Waals surface area (Å²) in [4.78, 5) is 0. The van der Waals surface area contributed by atoms with Gasteiger partial charge in [-0.15, -0.1) is 0 Å². The van der Waals surface area contributed by atoms with Crippen LogP contribution in [0.1, 0.15) is 0 Å². The number of benzene rings is 11. The molecule has 286 valence electrons. The van der Waals surface area contributed by atoms with Crippen molar-refractivity contribution in [3.05, 3.63) is 218 Å². The molecule has 0 aliphatic heterocycles. The molecule has 0 saturated carbocycles. The van der Waals surface area contributed by atoms with E-state index in [1.807, 2.05) is 0 Å². The fraction of sp³-hybridized carbons (Fsp3) is 0. The molecular weight excluding hydrogens is 749 g/mol. The third-order valence-corrected chi connectivity index (χ3v) is 13.6. The van der Waals surface area contributed by atoms with Crippen LogP contribution in [0.25, 0.3) is 132 Å². The van der Waals surface area contributed by atoms with Crippen LogP contribution in [-0.2, 0) is 0 Å². The smallest absolute Gasteiger partial charge is 0.0619 e. The molecule has 1 aliphatic carbocycles. The van der Waals surface area contributed by atoms with Gasteiger partial charge in [0.15, 0.2) is 0 Å². The van der Waals surface area contributed by atoms with Crippen molar-refractivity contribution in [3.8, 4) is 55.9 Å². The number of aromatic nitrogens is 2. The second kappa shape index (κ2) is 12.7. The molecule has 0 atom stereocenters. The molecule has 2 heteroatoms. The highest BCUT2D eigenvalue weighted by Crippen LogP contribution is 2.49. The van der Waals surface area contributed by atoms with Gasteiger partial charge in [0, 0.05) is 38.3 Å². The van der Waals surface area contributed by atoms with E-state index < -0.39 is 0 Å². The van der Waals surface area contributed by atoms with Crippen LogP contribution in [0.5, 0.6) is 0 Å². The largest absolute Gasteiger partial charge is 0.309 e. The van der Waals surface area contributed by atoms with Gasteiger partial charge >= 0.3 is 0 Å². The van der Waals surface area contributed by atoms with Crippen molar-refractivity contribution < 1.29 is 0 Å². The Balaban J connectivity index is 0.968. The van der Waals surface area contributed by atoms with Crippen molar-refractivity contribution in [2.75, 3.05) is 0 Å². The second-order valence-electron chi connectivity index (χ2n) is 16.9. The normalized spacial score (nSPS) is 12.2. The van der Waals surface area contributed by atoms with Gasteiger partial charge in [-0.25, -0.2) is 0 Å². The van der Waals surface area contributed by atoms with Crippen molar-refractivity contribution in [2.24, 2.45) is 0 Å². The molecular formula is C60H36N2. The number of para-hydroxylation sites is 2. The standard InChI is InChI=1S/C60H36N2/c1-2-12-43(13-3-1)61-56-20-9-8-17-49(56)55-35-39(26-32-57(55)61)40-25-28-50-54-29-24-38-11-4-5-14-46(38)60(54)62(58(50)36-40)44-27-23-37-21-22-41(33-42(37)34-44)45-30-31-53-48-16-7-6-15-47(48)52-19-10-18-51(45)59(52)53/h1-36H. The molecule has 0 N–H and O–H groups in total. The molecule has 0 amide bonds. The van der Waals surface area contributed by atoms with E-state index in [9.17, 15) is 0 Å². The zero-order chi connectivity index (χ0) is 40.5. The molecule has 62 heavy (non-hydrogen) atoms. The first-order valence-corrected chi connectivity index (χ1v) is 21.5. The minimum absolute atomic E-state index is 1.15. The first kappa shape index (κ1) is 33.6. The highest BCUT2D eigenvalue weighted by Gasteiger charge is 2.23. The van der Waals surface area contributed by atoms with E-state index >= 15 is 0 Å². The van der Waals surface area contributed by atoms with E-state index in [2.05, 4.69) is 228 Å². The monoisotopic (exact) mass is 784 g/mol. The molecule has 0 unspecified atom stereocenters. The SMILES string of the molecule is c1ccc(-n2c3ccccc3c3cc(-c4ccc5c6ccc7ccccc7c6n(-c6ccc7ccc(-c8ccc9c%10c(cccc8%10)-c8ccccc8-9)cc7c6)c5c4)ccc32)cc1. The van der Waals surface area contributed by atoms with Gasteiger partial charge in [0.25, 0.3) is 0 Å². The van der Waals surface area contributed by atoms with E-state index in [0.717, 1.165) is 5.69 Å². The van der Waals surface area contributed by atoms with Crippen LogP contribution in [0, 0.1) is 0 Å². The van der Waals surface area contributed by atoms with E-state index in [4.69, 9.17) is 0 Å². The number of rotatable bonds is 4. The van der Waals surface area contributed by atoms with Crippen molar-refractivity contribution in [1.29, 1.82) is 0 Å². The molecule has 13 aromatic rings. The van der Waals surface area contributed by atoms with Gasteiger partial charge in [-0.3, -0.25) is 0 Å². The van der Waals surface area contributed by atoms with Crippen LogP contribution in [0.15, 0.2) is 218 Å². The predicted octanol–water partition coefficient (Wildman–Crippen LogP) is 16.3. The summed E-state index contributed by atoms with van der Waals surface area (Å²) in [6.45, 7) is 0. The average molecular weight is 785 g/mol. The molecule has 14 rings (SSSR count). The second-order valence-corrected chi connectivity index (χ2v) is 16.9. The Kier molecular flexibility index (Phi) is 6.86. The van der Waals surface area contributed by atoms with Gasteiger partial charge in [-0.1, -0.05) is 164 Å². The van der Waals surface area contributed by atoms with E-state index in [-0.39, 0.29) is 0 Å². The molecule has 1 aliphatic rings. The van der Waals surface area contributed by atoms with Crippen LogP contribution < -0.4 is 0 Å². The Labute approximate surface area is 357 Å². The zero-order valence-electron chi connectivity index (χ0n) is 33.7. The Morgan fingerprint density at radius 3 is 1.77 bits per heavy atom. The first-order valence-electron chi connectivity index (χ1n) is 21.5. The van der Waals surface area contributed by atoms with Crippen LogP contribution >= 0.6 is 0 Å². The Hall–Kier alpha value is -8.20. The highest BCUT2D eigenvalue weighted by atomic mass is 15.0. The minimum atomic E-state index is 1.15. The lowest BCUT2D eigenvalue weighted by Crippen LogP contribution is -1.95. The summed E-state index contributed by atoms with van der Waals surface area (Å²) in [6, 6.07) is 81.1. The number of nitrogens with zero attached hydrogens (tertiary/aromatic N) is 2. The summed E-state index contributed by atoms with van der Waals surface area (Å²) >= 11 is 0. The summed E-state index contributed by atoms with van der Waals surface area (Å²) in [5.41, 5.74) is 17.4. The Morgan fingerprint density at radius 2 is 0.871 bits per heavy atom. The summed E-state index contributed by atoms with van der Waals surface area (Å²) in [6.07, 6.45) is 0. The summed E-state index contributed by atoms with van der Waals surface area (Å²) in [7, 11) is 0. The van der Waals surface area contributed by atoms with Crippen LogP contribution in [0.3, 0.4) is 0 Å². The molecule has 0 radical (unpaired) electrons. The molecule has 2 nitrogen and oxygen atoms in total. The summed E-state index contributed by atoms with van der Waals surface area (Å²) in [5, 5.41) is 12.6. The zero-order valence-corrected chi connectivity index (χ0v) is 33.7.